The van der Waals surface area contributed by atoms with Crippen LogP contribution in [0.4, 0.5) is 13.2 Å². The van der Waals surface area contributed by atoms with Gasteiger partial charge in [-0.2, -0.15) is 13.2 Å². The molecule has 1 aromatic carbocycles. The van der Waals surface area contributed by atoms with Crippen molar-refractivity contribution in [1.82, 2.24) is 10.4 Å². The topological polar surface area (TPSA) is 15.3 Å². The minimum atomic E-state index is -4.28. The Labute approximate surface area is 105 Å². The van der Waals surface area contributed by atoms with E-state index in [0.29, 0.717) is 13.1 Å². The second kappa shape index (κ2) is 5.71. The Balaban J connectivity index is 2.11. The minimum absolute atomic E-state index is 0.260. The van der Waals surface area contributed by atoms with E-state index in [4.69, 9.17) is 0 Å². The average molecular weight is 258 g/mol. The molecular weight excluding hydrogens is 241 g/mol. The molecule has 1 fully saturated rings. The van der Waals surface area contributed by atoms with Crippen molar-refractivity contribution in [2.75, 3.05) is 13.1 Å². The Bertz CT molecular complexity index is 358. The standard InChI is InChI=1S/C13H17F3N2/c14-13(15,16)12(11-7-3-1-4-8-11)17-18-9-5-2-6-10-18/h1,3-4,7-8,12,17H,2,5-6,9-10H2. The van der Waals surface area contributed by atoms with E-state index in [9.17, 15) is 13.2 Å². The van der Waals surface area contributed by atoms with Gasteiger partial charge in [-0.3, -0.25) is 0 Å². The molecule has 18 heavy (non-hydrogen) atoms. The van der Waals surface area contributed by atoms with Crippen molar-refractivity contribution < 1.29 is 13.2 Å². The van der Waals surface area contributed by atoms with Crippen LogP contribution in [-0.4, -0.2) is 24.3 Å². The van der Waals surface area contributed by atoms with Crippen molar-refractivity contribution in [2.45, 2.75) is 31.5 Å². The molecule has 1 atom stereocenters. The third kappa shape index (κ3) is 3.46. The summed E-state index contributed by atoms with van der Waals surface area (Å²) in [6.45, 7) is 1.36. The fourth-order valence-electron chi connectivity index (χ4n) is 2.19. The number of nitrogens with one attached hydrogen (secondary N) is 1. The Morgan fingerprint density at radius 1 is 1.00 bits per heavy atom. The first-order chi connectivity index (χ1) is 8.57. The molecule has 0 aliphatic carbocycles. The molecular formula is C13H17F3N2. The average Bonchev–Trinajstić information content (AvgIpc) is 2.37. The molecule has 1 N–H and O–H groups in total. The lowest BCUT2D eigenvalue weighted by Gasteiger charge is -2.32. The number of hydrazine groups is 1. The highest BCUT2D eigenvalue weighted by Crippen LogP contribution is 2.33. The van der Waals surface area contributed by atoms with Crippen LogP contribution >= 0.6 is 0 Å². The highest BCUT2D eigenvalue weighted by atomic mass is 19.4. The van der Waals surface area contributed by atoms with Crippen LogP contribution in [0.2, 0.25) is 0 Å². The predicted octanol–water partition coefficient (Wildman–Crippen LogP) is 3.28. The highest BCUT2D eigenvalue weighted by Gasteiger charge is 2.41. The number of hydrogen-bond acceptors (Lipinski definition) is 2. The quantitative estimate of drug-likeness (QED) is 0.895. The minimum Gasteiger partial charge on any atom is -0.244 e. The van der Waals surface area contributed by atoms with Crippen LogP contribution in [0.1, 0.15) is 30.9 Å². The molecule has 1 unspecified atom stereocenters. The molecule has 5 heteroatoms. The Morgan fingerprint density at radius 2 is 1.61 bits per heavy atom. The van der Waals surface area contributed by atoms with Gasteiger partial charge in [-0.05, 0) is 18.4 Å². The molecule has 0 radical (unpaired) electrons. The summed E-state index contributed by atoms with van der Waals surface area (Å²) in [5.74, 6) is 0. The van der Waals surface area contributed by atoms with Crippen LogP contribution in [0.5, 0.6) is 0 Å². The molecule has 1 saturated heterocycles. The van der Waals surface area contributed by atoms with Crippen molar-refractivity contribution in [3.05, 3.63) is 35.9 Å². The number of benzene rings is 1. The first-order valence-corrected chi connectivity index (χ1v) is 6.20. The number of halogens is 3. The second-order valence-corrected chi connectivity index (χ2v) is 4.56. The zero-order valence-corrected chi connectivity index (χ0v) is 10.1. The molecule has 1 aliphatic rings. The van der Waals surface area contributed by atoms with Crippen molar-refractivity contribution in [3.63, 3.8) is 0 Å². The van der Waals surface area contributed by atoms with Gasteiger partial charge in [-0.1, -0.05) is 36.8 Å². The third-order valence-electron chi connectivity index (χ3n) is 3.13. The molecule has 0 amide bonds. The van der Waals surface area contributed by atoms with Gasteiger partial charge in [0.25, 0.3) is 0 Å². The van der Waals surface area contributed by atoms with E-state index in [1.807, 2.05) is 0 Å². The second-order valence-electron chi connectivity index (χ2n) is 4.56. The number of nitrogens with zero attached hydrogens (tertiary/aromatic N) is 1. The van der Waals surface area contributed by atoms with Gasteiger partial charge >= 0.3 is 6.18 Å². The Kier molecular flexibility index (Phi) is 4.24. The fourth-order valence-corrected chi connectivity index (χ4v) is 2.19. The lowest BCUT2D eigenvalue weighted by molar-refractivity contribution is -0.171. The van der Waals surface area contributed by atoms with Gasteiger partial charge in [-0.15, -0.1) is 0 Å². The third-order valence-corrected chi connectivity index (χ3v) is 3.13. The van der Waals surface area contributed by atoms with Crippen LogP contribution in [-0.2, 0) is 0 Å². The summed E-state index contributed by atoms with van der Waals surface area (Å²) in [5, 5.41) is 1.69. The van der Waals surface area contributed by atoms with Crippen LogP contribution in [0, 0.1) is 0 Å². The normalized spacial score (nSPS) is 19.7. The lowest BCUT2D eigenvalue weighted by atomic mass is 10.1. The Hall–Kier alpha value is -1.07. The summed E-state index contributed by atoms with van der Waals surface area (Å²) in [5.41, 5.74) is 2.88. The van der Waals surface area contributed by atoms with Gasteiger partial charge in [0.05, 0.1) is 0 Å². The molecule has 2 nitrogen and oxygen atoms in total. The molecule has 1 aromatic rings. The van der Waals surface area contributed by atoms with E-state index < -0.39 is 12.2 Å². The summed E-state index contributed by atoms with van der Waals surface area (Å²) in [7, 11) is 0. The zero-order chi connectivity index (χ0) is 13.0. The predicted molar refractivity (Wildman–Crippen MR) is 63.8 cm³/mol. The highest BCUT2D eigenvalue weighted by molar-refractivity contribution is 5.20. The van der Waals surface area contributed by atoms with Gasteiger partial charge in [0.1, 0.15) is 6.04 Å². The molecule has 1 heterocycles. The maximum atomic E-state index is 13.1. The first kappa shape index (κ1) is 13.4. The van der Waals surface area contributed by atoms with E-state index >= 15 is 0 Å². The summed E-state index contributed by atoms with van der Waals surface area (Å²) in [6, 6.07) is 6.39. The van der Waals surface area contributed by atoms with Crippen LogP contribution in [0.3, 0.4) is 0 Å². The summed E-state index contributed by atoms with van der Waals surface area (Å²) >= 11 is 0. The van der Waals surface area contributed by atoms with Crippen LogP contribution < -0.4 is 5.43 Å². The number of piperidine rings is 1. The maximum Gasteiger partial charge on any atom is 0.409 e. The van der Waals surface area contributed by atoms with Crippen molar-refractivity contribution in [1.29, 1.82) is 0 Å². The van der Waals surface area contributed by atoms with Crippen molar-refractivity contribution in [3.8, 4) is 0 Å². The van der Waals surface area contributed by atoms with Gasteiger partial charge in [0, 0.05) is 13.1 Å². The smallest absolute Gasteiger partial charge is 0.244 e. The number of rotatable bonds is 3. The van der Waals surface area contributed by atoms with Gasteiger partial charge in [0.2, 0.25) is 0 Å². The molecule has 0 saturated carbocycles. The van der Waals surface area contributed by atoms with Crippen LogP contribution in [0.15, 0.2) is 30.3 Å². The van der Waals surface area contributed by atoms with Crippen molar-refractivity contribution >= 4 is 0 Å². The van der Waals surface area contributed by atoms with E-state index in [2.05, 4.69) is 5.43 Å². The lowest BCUT2D eigenvalue weighted by Crippen LogP contribution is -2.48. The van der Waals surface area contributed by atoms with E-state index in [0.717, 1.165) is 19.3 Å². The van der Waals surface area contributed by atoms with E-state index in [1.54, 1.807) is 23.2 Å². The molecule has 1 aliphatic heterocycles. The Morgan fingerprint density at radius 3 is 2.17 bits per heavy atom. The fraction of sp³-hybridized carbons (Fsp3) is 0.538. The van der Waals surface area contributed by atoms with Gasteiger partial charge in [0.15, 0.2) is 0 Å². The summed E-state index contributed by atoms with van der Waals surface area (Å²) < 4.78 is 39.2. The monoisotopic (exact) mass is 258 g/mol. The summed E-state index contributed by atoms with van der Waals surface area (Å²) in [6.07, 6.45) is -1.28. The molecule has 0 bridgehead atoms. The van der Waals surface area contributed by atoms with Crippen molar-refractivity contribution in [2.24, 2.45) is 0 Å². The zero-order valence-electron chi connectivity index (χ0n) is 10.1. The molecule has 0 spiro atoms. The largest absolute Gasteiger partial charge is 0.409 e. The molecule has 100 valence electrons. The summed E-state index contributed by atoms with van der Waals surface area (Å²) in [4.78, 5) is 0. The SMILES string of the molecule is FC(F)(F)C(NN1CCCCC1)c1ccccc1. The van der Waals surface area contributed by atoms with Crippen LogP contribution in [0.25, 0.3) is 0 Å². The van der Waals surface area contributed by atoms with Gasteiger partial charge < -0.3 is 0 Å². The number of hydrogen-bond donors (Lipinski definition) is 1. The maximum absolute atomic E-state index is 13.1. The van der Waals surface area contributed by atoms with E-state index in [-0.39, 0.29) is 5.56 Å². The molecule has 0 aromatic heterocycles. The van der Waals surface area contributed by atoms with Gasteiger partial charge in [-0.25, -0.2) is 10.4 Å². The first-order valence-electron chi connectivity index (χ1n) is 6.20. The number of alkyl halides is 3. The molecule has 2 rings (SSSR count). The van der Waals surface area contributed by atoms with E-state index in [1.165, 1.54) is 12.1 Å².